The first-order chi connectivity index (χ1) is 8.58. The number of rotatable bonds is 3. The summed E-state index contributed by atoms with van der Waals surface area (Å²) in [6.45, 7) is 2.04. The van der Waals surface area contributed by atoms with Gasteiger partial charge in [-0.3, -0.25) is 0 Å². The van der Waals surface area contributed by atoms with E-state index in [1.54, 1.807) is 18.2 Å². The van der Waals surface area contributed by atoms with Crippen LogP contribution in [0.15, 0.2) is 36.4 Å². The Balaban J connectivity index is 2.14. The van der Waals surface area contributed by atoms with Gasteiger partial charge in [0.25, 0.3) is 0 Å². The van der Waals surface area contributed by atoms with Crippen LogP contribution in [0.4, 0.5) is 10.1 Å². The van der Waals surface area contributed by atoms with Crippen molar-refractivity contribution in [3.05, 3.63) is 58.4 Å². The number of ether oxygens (including phenoxy) is 1. The first-order valence-electron chi connectivity index (χ1n) is 5.50. The molecule has 0 radical (unpaired) electrons. The molecule has 0 fully saturated rings. The van der Waals surface area contributed by atoms with Gasteiger partial charge in [0.1, 0.15) is 18.2 Å². The van der Waals surface area contributed by atoms with Crippen LogP contribution >= 0.6 is 11.6 Å². The van der Waals surface area contributed by atoms with E-state index in [0.29, 0.717) is 17.0 Å². The first kappa shape index (κ1) is 12.7. The van der Waals surface area contributed by atoms with E-state index in [0.717, 1.165) is 5.56 Å². The lowest BCUT2D eigenvalue weighted by molar-refractivity contribution is 0.301. The monoisotopic (exact) mass is 265 g/mol. The maximum Gasteiger partial charge on any atom is 0.148 e. The van der Waals surface area contributed by atoms with Crippen LogP contribution in [-0.2, 0) is 6.61 Å². The molecule has 0 aliphatic heterocycles. The minimum absolute atomic E-state index is 0.0907. The highest BCUT2D eigenvalue weighted by Crippen LogP contribution is 2.24. The fraction of sp³-hybridized carbons (Fsp3) is 0.143. The van der Waals surface area contributed by atoms with Gasteiger partial charge in [-0.25, -0.2) is 4.39 Å². The summed E-state index contributed by atoms with van der Waals surface area (Å²) in [7, 11) is 0. The number of nitrogens with two attached hydrogens (primary N) is 1. The summed E-state index contributed by atoms with van der Waals surface area (Å²) < 4.78 is 19.1. The number of nitrogen functional groups attached to an aromatic ring is 1. The SMILES string of the molecule is Cc1ccc(OCc2cccc(Cl)c2F)c(N)c1. The Morgan fingerprint density at radius 2 is 2.06 bits per heavy atom. The average molecular weight is 266 g/mol. The van der Waals surface area contributed by atoms with E-state index in [1.165, 1.54) is 6.07 Å². The van der Waals surface area contributed by atoms with E-state index in [1.807, 2.05) is 19.1 Å². The van der Waals surface area contributed by atoms with Crippen LogP contribution in [0.3, 0.4) is 0 Å². The van der Waals surface area contributed by atoms with E-state index in [2.05, 4.69) is 0 Å². The van der Waals surface area contributed by atoms with Crippen LogP contribution in [0.1, 0.15) is 11.1 Å². The van der Waals surface area contributed by atoms with Crippen LogP contribution in [-0.4, -0.2) is 0 Å². The normalized spacial score (nSPS) is 10.4. The minimum Gasteiger partial charge on any atom is -0.487 e. The fourth-order valence-electron chi connectivity index (χ4n) is 1.61. The van der Waals surface area contributed by atoms with E-state index < -0.39 is 5.82 Å². The standard InChI is InChI=1S/C14H13ClFNO/c1-9-5-6-13(12(17)7-9)18-8-10-3-2-4-11(15)14(10)16/h2-7H,8,17H2,1H3. The van der Waals surface area contributed by atoms with Crippen LogP contribution in [0.25, 0.3) is 0 Å². The highest BCUT2D eigenvalue weighted by molar-refractivity contribution is 6.30. The number of halogens is 2. The van der Waals surface area contributed by atoms with E-state index in [4.69, 9.17) is 22.1 Å². The molecule has 2 nitrogen and oxygen atoms in total. The molecular weight excluding hydrogens is 253 g/mol. The van der Waals surface area contributed by atoms with Gasteiger partial charge >= 0.3 is 0 Å². The first-order valence-corrected chi connectivity index (χ1v) is 5.87. The van der Waals surface area contributed by atoms with Gasteiger partial charge in [0.2, 0.25) is 0 Å². The molecule has 2 aromatic rings. The van der Waals surface area contributed by atoms with Crippen molar-refractivity contribution in [3.8, 4) is 5.75 Å². The molecular formula is C14H13ClFNO. The number of hydrogen-bond donors (Lipinski definition) is 1. The molecule has 0 atom stereocenters. The van der Waals surface area contributed by atoms with E-state index >= 15 is 0 Å². The summed E-state index contributed by atoms with van der Waals surface area (Å²) in [5, 5.41) is 0.0907. The topological polar surface area (TPSA) is 35.2 Å². The summed E-state index contributed by atoms with van der Waals surface area (Å²) in [6.07, 6.45) is 0. The van der Waals surface area contributed by atoms with Gasteiger partial charge in [-0.15, -0.1) is 0 Å². The molecule has 2 N–H and O–H groups in total. The second-order valence-electron chi connectivity index (χ2n) is 4.04. The molecule has 0 spiro atoms. The molecule has 0 amide bonds. The van der Waals surface area contributed by atoms with Crippen molar-refractivity contribution >= 4 is 17.3 Å². The Bertz CT molecular complexity index is 572. The molecule has 4 heteroatoms. The van der Waals surface area contributed by atoms with Gasteiger partial charge < -0.3 is 10.5 Å². The smallest absolute Gasteiger partial charge is 0.148 e. The average Bonchev–Trinajstić information content (AvgIpc) is 2.33. The minimum atomic E-state index is -0.454. The summed E-state index contributed by atoms with van der Waals surface area (Å²) in [5.74, 6) is 0.0878. The number of benzene rings is 2. The molecule has 0 saturated carbocycles. The van der Waals surface area contributed by atoms with Crippen molar-refractivity contribution in [2.24, 2.45) is 0 Å². The number of hydrogen-bond acceptors (Lipinski definition) is 2. The summed E-state index contributed by atoms with van der Waals surface area (Å²) in [4.78, 5) is 0. The lowest BCUT2D eigenvalue weighted by atomic mass is 10.2. The molecule has 2 rings (SSSR count). The predicted octanol–water partition coefficient (Wildman–Crippen LogP) is 3.95. The van der Waals surface area contributed by atoms with E-state index in [9.17, 15) is 4.39 Å². The van der Waals surface area contributed by atoms with Crippen molar-refractivity contribution in [1.82, 2.24) is 0 Å². The van der Waals surface area contributed by atoms with Crippen LogP contribution in [0.2, 0.25) is 5.02 Å². The maximum atomic E-state index is 13.6. The molecule has 0 heterocycles. The van der Waals surface area contributed by atoms with Crippen molar-refractivity contribution in [2.75, 3.05) is 5.73 Å². The van der Waals surface area contributed by atoms with Gasteiger partial charge in [0.05, 0.1) is 10.7 Å². The summed E-state index contributed by atoms with van der Waals surface area (Å²) in [6, 6.07) is 10.3. The van der Waals surface area contributed by atoms with Crippen molar-refractivity contribution in [2.45, 2.75) is 13.5 Å². The third-order valence-electron chi connectivity index (χ3n) is 2.58. The molecule has 0 aliphatic rings. The van der Waals surface area contributed by atoms with Gasteiger partial charge in [0.15, 0.2) is 0 Å². The van der Waals surface area contributed by atoms with E-state index in [-0.39, 0.29) is 11.6 Å². The fourth-order valence-corrected chi connectivity index (χ4v) is 1.81. The lowest BCUT2D eigenvalue weighted by Crippen LogP contribution is -2.01. The molecule has 0 aromatic heterocycles. The summed E-state index contributed by atoms with van der Waals surface area (Å²) >= 11 is 5.69. The Morgan fingerprint density at radius 3 is 2.78 bits per heavy atom. The molecule has 18 heavy (non-hydrogen) atoms. The molecule has 0 saturated heterocycles. The van der Waals surface area contributed by atoms with Gasteiger partial charge in [0, 0.05) is 5.56 Å². The lowest BCUT2D eigenvalue weighted by Gasteiger charge is -2.10. The highest BCUT2D eigenvalue weighted by atomic mass is 35.5. The second kappa shape index (κ2) is 5.27. The Morgan fingerprint density at radius 1 is 1.28 bits per heavy atom. The summed E-state index contributed by atoms with van der Waals surface area (Å²) in [5.41, 5.74) is 7.80. The Labute approximate surface area is 110 Å². The van der Waals surface area contributed by atoms with Gasteiger partial charge in [-0.2, -0.15) is 0 Å². The zero-order chi connectivity index (χ0) is 13.1. The molecule has 0 aliphatic carbocycles. The molecule has 94 valence electrons. The Hall–Kier alpha value is -1.74. The van der Waals surface area contributed by atoms with Crippen LogP contribution < -0.4 is 10.5 Å². The van der Waals surface area contributed by atoms with Crippen molar-refractivity contribution in [3.63, 3.8) is 0 Å². The van der Waals surface area contributed by atoms with Crippen LogP contribution in [0, 0.1) is 12.7 Å². The molecule has 2 aromatic carbocycles. The quantitative estimate of drug-likeness (QED) is 0.853. The third-order valence-corrected chi connectivity index (χ3v) is 2.87. The van der Waals surface area contributed by atoms with Gasteiger partial charge in [-0.05, 0) is 30.7 Å². The highest BCUT2D eigenvalue weighted by Gasteiger charge is 2.07. The molecule has 0 unspecified atom stereocenters. The molecule has 0 bridgehead atoms. The predicted molar refractivity (Wildman–Crippen MR) is 71.3 cm³/mol. The van der Waals surface area contributed by atoms with Crippen molar-refractivity contribution in [1.29, 1.82) is 0 Å². The Kier molecular flexibility index (Phi) is 3.72. The third kappa shape index (κ3) is 2.74. The second-order valence-corrected chi connectivity index (χ2v) is 4.45. The number of anilines is 1. The maximum absolute atomic E-state index is 13.6. The largest absolute Gasteiger partial charge is 0.487 e. The zero-order valence-electron chi connectivity index (χ0n) is 9.91. The number of aryl methyl sites for hydroxylation is 1. The van der Waals surface area contributed by atoms with Crippen LogP contribution in [0.5, 0.6) is 5.75 Å². The van der Waals surface area contributed by atoms with Gasteiger partial charge in [-0.1, -0.05) is 29.8 Å². The zero-order valence-corrected chi connectivity index (χ0v) is 10.7. The van der Waals surface area contributed by atoms with Crippen molar-refractivity contribution < 1.29 is 9.13 Å².